The summed E-state index contributed by atoms with van der Waals surface area (Å²) in [6, 6.07) is 11.9. The smallest absolute Gasteiger partial charge is 0.256 e. The number of amides is 2. The summed E-state index contributed by atoms with van der Waals surface area (Å²) < 4.78 is 5.78. The summed E-state index contributed by atoms with van der Waals surface area (Å²) in [5.74, 6) is 0.0888. The number of halogens is 1. The molecule has 0 unspecified atom stereocenters. The van der Waals surface area contributed by atoms with E-state index in [1.165, 1.54) is 7.11 Å². The average molecular weight is 363 g/mol. The molecule has 6 heteroatoms. The number of carbonyl (C=O) groups is 2. The van der Waals surface area contributed by atoms with Crippen molar-refractivity contribution in [1.29, 1.82) is 0 Å². The molecule has 2 aromatic carbocycles. The van der Waals surface area contributed by atoms with Crippen LogP contribution in [-0.4, -0.2) is 26.0 Å². The lowest BCUT2D eigenvalue weighted by Gasteiger charge is -2.09. The third kappa shape index (κ3) is 3.65. The Labute approximate surface area is 136 Å². The van der Waals surface area contributed by atoms with E-state index >= 15 is 0 Å². The summed E-state index contributed by atoms with van der Waals surface area (Å²) in [5, 5.41) is 5.31. The van der Waals surface area contributed by atoms with Crippen LogP contribution in [-0.2, 0) is 0 Å². The first kappa shape index (κ1) is 16.0. The van der Waals surface area contributed by atoms with Gasteiger partial charge < -0.3 is 15.4 Å². The Morgan fingerprint density at radius 2 is 1.86 bits per heavy atom. The Bertz CT molecular complexity index is 716. The van der Waals surface area contributed by atoms with Gasteiger partial charge in [-0.1, -0.05) is 6.07 Å². The summed E-state index contributed by atoms with van der Waals surface area (Å²) in [5.41, 5.74) is 1.47. The lowest BCUT2D eigenvalue weighted by atomic mass is 10.1. The van der Waals surface area contributed by atoms with Gasteiger partial charge in [-0.2, -0.15) is 0 Å². The third-order valence-corrected chi connectivity index (χ3v) is 3.72. The van der Waals surface area contributed by atoms with E-state index in [1.54, 1.807) is 49.5 Å². The van der Waals surface area contributed by atoms with Gasteiger partial charge in [-0.05, 0) is 52.3 Å². The van der Waals surface area contributed by atoms with E-state index in [4.69, 9.17) is 4.74 Å². The van der Waals surface area contributed by atoms with Crippen molar-refractivity contribution in [3.8, 4) is 5.75 Å². The molecule has 2 aromatic rings. The summed E-state index contributed by atoms with van der Waals surface area (Å²) >= 11 is 3.34. The van der Waals surface area contributed by atoms with Gasteiger partial charge in [-0.3, -0.25) is 9.59 Å². The summed E-state index contributed by atoms with van der Waals surface area (Å²) in [4.78, 5) is 24.0. The molecule has 5 nitrogen and oxygen atoms in total. The predicted molar refractivity (Wildman–Crippen MR) is 88.5 cm³/mol. The number of anilines is 1. The molecule has 0 radical (unpaired) electrons. The lowest BCUT2D eigenvalue weighted by Crippen LogP contribution is -2.18. The first-order chi connectivity index (χ1) is 10.5. The molecule has 0 aromatic heterocycles. The van der Waals surface area contributed by atoms with Crippen molar-refractivity contribution >= 4 is 33.4 Å². The Kier molecular flexibility index (Phi) is 5.16. The van der Waals surface area contributed by atoms with Gasteiger partial charge in [0.2, 0.25) is 0 Å². The zero-order valence-corrected chi connectivity index (χ0v) is 13.7. The molecule has 0 aliphatic carbocycles. The second kappa shape index (κ2) is 7.09. The van der Waals surface area contributed by atoms with Crippen LogP contribution >= 0.6 is 15.9 Å². The van der Waals surface area contributed by atoms with Crippen molar-refractivity contribution in [2.45, 2.75) is 0 Å². The molecule has 22 heavy (non-hydrogen) atoms. The molecular formula is C16H15BrN2O3. The molecule has 0 atom stereocenters. The van der Waals surface area contributed by atoms with E-state index in [0.29, 0.717) is 27.0 Å². The number of methoxy groups -OCH3 is 1. The van der Waals surface area contributed by atoms with Gasteiger partial charge in [0.25, 0.3) is 11.8 Å². The predicted octanol–water partition coefficient (Wildman–Crippen LogP) is 3.07. The van der Waals surface area contributed by atoms with Crippen molar-refractivity contribution in [2.24, 2.45) is 0 Å². The highest BCUT2D eigenvalue weighted by Gasteiger charge is 2.12. The first-order valence-corrected chi connectivity index (χ1v) is 7.31. The normalized spacial score (nSPS) is 9.95. The molecule has 0 fully saturated rings. The Hall–Kier alpha value is -2.34. The minimum Gasteiger partial charge on any atom is -0.497 e. The minimum absolute atomic E-state index is 0.210. The number of carbonyl (C=O) groups excluding carboxylic acids is 2. The molecule has 2 N–H and O–H groups in total. The standard InChI is InChI=1S/C16H15BrN2O3/c1-18-15(20)10-4-3-5-11(8-10)19-16(21)13-9-12(22-2)6-7-14(13)17/h3-9H,1-2H3,(H,18,20)(H,19,21). The van der Waals surface area contributed by atoms with E-state index < -0.39 is 0 Å². The fraction of sp³-hybridized carbons (Fsp3) is 0.125. The molecule has 0 aliphatic rings. The maximum Gasteiger partial charge on any atom is 0.256 e. The zero-order valence-electron chi connectivity index (χ0n) is 12.1. The molecule has 114 valence electrons. The van der Waals surface area contributed by atoms with Crippen molar-refractivity contribution in [2.75, 3.05) is 19.5 Å². The molecule has 0 aliphatic heterocycles. The van der Waals surface area contributed by atoms with Gasteiger partial charge in [0.1, 0.15) is 5.75 Å². The molecule has 0 saturated carbocycles. The van der Waals surface area contributed by atoms with Crippen molar-refractivity contribution in [3.63, 3.8) is 0 Å². The number of hydrogen-bond acceptors (Lipinski definition) is 3. The van der Waals surface area contributed by atoms with Crippen LogP contribution in [0.5, 0.6) is 5.75 Å². The molecule has 0 bridgehead atoms. The van der Waals surface area contributed by atoms with Gasteiger partial charge in [-0.15, -0.1) is 0 Å². The van der Waals surface area contributed by atoms with Crippen LogP contribution in [0.1, 0.15) is 20.7 Å². The number of hydrogen-bond donors (Lipinski definition) is 2. The largest absolute Gasteiger partial charge is 0.497 e. The topological polar surface area (TPSA) is 67.4 Å². The highest BCUT2D eigenvalue weighted by atomic mass is 79.9. The molecule has 2 rings (SSSR count). The Morgan fingerprint density at radius 3 is 2.55 bits per heavy atom. The molecular weight excluding hydrogens is 348 g/mol. The van der Waals surface area contributed by atoms with E-state index in [9.17, 15) is 9.59 Å². The van der Waals surface area contributed by atoms with Gasteiger partial charge >= 0.3 is 0 Å². The average Bonchev–Trinajstić information content (AvgIpc) is 2.54. The van der Waals surface area contributed by atoms with Gasteiger partial charge in [0.15, 0.2) is 0 Å². The lowest BCUT2D eigenvalue weighted by molar-refractivity contribution is 0.0961. The van der Waals surface area contributed by atoms with Crippen LogP contribution in [0.25, 0.3) is 0 Å². The fourth-order valence-electron chi connectivity index (χ4n) is 1.89. The fourth-order valence-corrected chi connectivity index (χ4v) is 2.31. The SMILES string of the molecule is CNC(=O)c1cccc(NC(=O)c2cc(OC)ccc2Br)c1. The number of benzene rings is 2. The quantitative estimate of drug-likeness (QED) is 0.878. The number of rotatable bonds is 4. The molecule has 0 spiro atoms. The monoisotopic (exact) mass is 362 g/mol. The van der Waals surface area contributed by atoms with Crippen molar-refractivity contribution in [3.05, 3.63) is 58.1 Å². The second-order valence-corrected chi connectivity index (χ2v) is 5.31. The first-order valence-electron chi connectivity index (χ1n) is 6.52. The summed E-state index contributed by atoms with van der Waals surface area (Å²) in [7, 11) is 3.10. The van der Waals surface area contributed by atoms with Gasteiger partial charge in [0, 0.05) is 22.8 Å². The highest BCUT2D eigenvalue weighted by molar-refractivity contribution is 9.10. The molecule has 0 saturated heterocycles. The minimum atomic E-state index is -0.292. The van der Waals surface area contributed by atoms with Gasteiger partial charge in [-0.25, -0.2) is 0 Å². The van der Waals surface area contributed by atoms with Crippen LogP contribution < -0.4 is 15.4 Å². The summed E-state index contributed by atoms with van der Waals surface area (Å²) in [6.45, 7) is 0. The van der Waals surface area contributed by atoms with Crippen LogP contribution in [0.4, 0.5) is 5.69 Å². The number of ether oxygens (including phenoxy) is 1. The van der Waals surface area contributed by atoms with Crippen LogP contribution in [0, 0.1) is 0 Å². The molecule has 2 amide bonds. The van der Waals surface area contributed by atoms with E-state index in [-0.39, 0.29) is 11.8 Å². The number of nitrogens with one attached hydrogen (secondary N) is 2. The van der Waals surface area contributed by atoms with Crippen LogP contribution in [0.15, 0.2) is 46.9 Å². The summed E-state index contributed by atoms with van der Waals surface area (Å²) in [6.07, 6.45) is 0. The van der Waals surface area contributed by atoms with Gasteiger partial charge in [0.05, 0.1) is 12.7 Å². The van der Waals surface area contributed by atoms with E-state index in [2.05, 4.69) is 26.6 Å². The third-order valence-electron chi connectivity index (χ3n) is 3.03. The highest BCUT2D eigenvalue weighted by Crippen LogP contribution is 2.23. The maximum atomic E-state index is 12.4. The zero-order chi connectivity index (χ0) is 16.1. The van der Waals surface area contributed by atoms with Crippen molar-refractivity contribution < 1.29 is 14.3 Å². The van der Waals surface area contributed by atoms with Crippen molar-refractivity contribution in [1.82, 2.24) is 5.32 Å². The van der Waals surface area contributed by atoms with E-state index in [0.717, 1.165) is 0 Å². The second-order valence-electron chi connectivity index (χ2n) is 4.46. The van der Waals surface area contributed by atoms with Crippen LogP contribution in [0.2, 0.25) is 0 Å². The maximum absolute atomic E-state index is 12.4. The van der Waals surface area contributed by atoms with Crippen LogP contribution in [0.3, 0.4) is 0 Å². The molecule has 0 heterocycles. The van der Waals surface area contributed by atoms with E-state index in [1.807, 2.05) is 0 Å². The Morgan fingerprint density at radius 1 is 1.09 bits per heavy atom. The Balaban J connectivity index is 2.24.